The van der Waals surface area contributed by atoms with Gasteiger partial charge in [0.2, 0.25) is 6.41 Å². The van der Waals surface area contributed by atoms with Crippen LogP contribution in [0.1, 0.15) is 86.1 Å². The number of methoxy groups -OCH3 is 1. The second-order valence-corrected chi connectivity index (χ2v) is 11.9. The van der Waals surface area contributed by atoms with Crippen LogP contribution in [0.15, 0.2) is 54.1 Å². The number of allylic oxidation sites excluding steroid dienone is 1. The molecular formula is C35H59N3O4. The maximum atomic E-state index is 11.9. The number of nitrogens with one attached hydrogen (secondary N) is 1. The summed E-state index contributed by atoms with van der Waals surface area (Å²) in [7, 11) is 1.70. The van der Waals surface area contributed by atoms with Crippen LogP contribution in [0.25, 0.3) is 0 Å². The molecule has 2 fully saturated rings. The zero-order valence-corrected chi connectivity index (χ0v) is 27.9. The number of carbonyl (C=O) groups is 2. The van der Waals surface area contributed by atoms with Gasteiger partial charge in [-0.25, -0.2) is 4.79 Å². The smallest absolute Gasteiger partial charge is 0.410 e. The van der Waals surface area contributed by atoms with Crippen LogP contribution in [-0.4, -0.2) is 80.9 Å². The van der Waals surface area contributed by atoms with Gasteiger partial charge in [0.15, 0.2) is 0 Å². The Bertz CT molecular complexity index is 941. The Kier molecular flexibility index (Phi) is 18.1. The minimum absolute atomic E-state index is 0.0522. The highest BCUT2D eigenvalue weighted by Gasteiger charge is 2.34. The van der Waals surface area contributed by atoms with E-state index in [0.29, 0.717) is 23.8 Å². The van der Waals surface area contributed by atoms with Crippen molar-refractivity contribution in [1.29, 1.82) is 0 Å². The van der Waals surface area contributed by atoms with Crippen molar-refractivity contribution in [3.8, 4) is 0 Å². The molecule has 2 heterocycles. The summed E-state index contributed by atoms with van der Waals surface area (Å²) in [5, 5.41) is 3.40. The largest absolute Gasteiger partial charge is 0.447 e. The molecule has 2 saturated heterocycles. The first kappa shape index (κ1) is 37.4. The van der Waals surface area contributed by atoms with E-state index in [1.54, 1.807) is 7.11 Å². The Labute approximate surface area is 256 Å². The highest BCUT2D eigenvalue weighted by atomic mass is 16.6. The van der Waals surface area contributed by atoms with Crippen molar-refractivity contribution < 1.29 is 19.1 Å². The van der Waals surface area contributed by atoms with E-state index in [1.807, 2.05) is 63.5 Å². The molecule has 7 heteroatoms. The molecule has 1 aromatic carbocycles. The molecule has 7 nitrogen and oxygen atoms in total. The summed E-state index contributed by atoms with van der Waals surface area (Å²) in [6, 6.07) is 10.4. The molecule has 1 N–H and O–H groups in total. The number of nitrogens with zero attached hydrogens (tertiary/aromatic N) is 2. The zero-order chi connectivity index (χ0) is 31.5. The van der Waals surface area contributed by atoms with Crippen molar-refractivity contribution >= 4 is 12.5 Å². The van der Waals surface area contributed by atoms with Crippen molar-refractivity contribution in [3.63, 3.8) is 0 Å². The van der Waals surface area contributed by atoms with Crippen LogP contribution in [0, 0.1) is 11.3 Å². The van der Waals surface area contributed by atoms with E-state index in [0.717, 1.165) is 51.1 Å². The number of piperidine rings is 1. The predicted octanol–water partition coefficient (Wildman–Crippen LogP) is 7.06. The van der Waals surface area contributed by atoms with E-state index in [2.05, 4.69) is 55.6 Å². The fraction of sp³-hybridized carbons (Fsp3) is 0.657. The van der Waals surface area contributed by atoms with E-state index in [-0.39, 0.29) is 18.3 Å². The number of likely N-dealkylation sites (tertiary alicyclic amines) is 1. The van der Waals surface area contributed by atoms with Gasteiger partial charge in [-0.3, -0.25) is 4.79 Å². The molecule has 42 heavy (non-hydrogen) atoms. The molecular weight excluding hydrogens is 526 g/mol. The van der Waals surface area contributed by atoms with Gasteiger partial charge in [-0.2, -0.15) is 0 Å². The van der Waals surface area contributed by atoms with Gasteiger partial charge in [0.05, 0.1) is 12.2 Å². The Morgan fingerprint density at radius 2 is 1.79 bits per heavy atom. The molecule has 2 aliphatic heterocycles. The molecule has 238 valence electrons. The van der Waals surface area contributed by atoms with Crippen LogP contribution in [-0.2, 0) is 14.3 Å². The van der Waals surface area contributed by atoms with Crippen LogP contribution in [0.2, 0.25) is 0 Å². The third kappa shape index (κ3) is 13.6. The molecule has 2 aliphatic rings. The Morgan fingerprint density at radius 1 is 1.14 bits per heavy atom. The number of hydrogen-bond donors (Lipinski definition) is 1. The zero-order valence-electron chi connectivity index (χ0n) is 27.9. The number of rotatable bonds is 11. The topological polar surface area (TPSA) is 71.1 Å². The van der Waals surface area contributed by atoms with Crippen molar-refractivity contribution in [2.75, 3.05) is 46.4 Å². The van der Waals surface area contributed by atoms with Crippen LogP contribution in [0.4, 0.5) is 4.79 Å². The second-order valence-electron chi connectivity index (χ2n) is 11.9. The van der Waals surface area contributed by atoms with Gasteiger partial charge in [-0.15, -0.1) is 0 Å². The maximum absolute atomic E-state index is 11.9. The second kappa shape index (κ2) is 20.3. The van der Waals surface area contributed by atoms with Gasteiger partial charge in [-0.1, -0.05) is 76.3 Å². The van der Waals surface area contributed by atoms with Gasteiger partial charge in [0.1, 0.15) is 0 Å². The molecule has 0 aromatic heterocycles. The van der Waals surface area contributed by atoms with Gasteiger partial charge in [-0.05, 0) is 82.5 Å². The lowest BCUT2D eigenvalue weighted by atomic mass is 9.78. The molecule has 3 rings (SSSR count). The van der Waals surface area contributed by atoms with Crippen LogP contribution < -0.4 is 5.32 Å². The van der Waals surface area contributed by atoms with Gasteiger partial charge >= 0.3 is 6.09 Å². The van der Waals surface area contributed by atoms with Crippen molar-refractivity contribution in [2.45, 2.75) is 92.8 Å². The monoisotopic (exact) mass is 585 g/mol. The normalized spacial score (nSPS) is 20.7. The quantitative estimate of drug-likeness (QED) is 0.222. The average Bonchev–Trinajstić information content (AvgIpc) is 3.40. The molecule has 0 spiro atoms. The van der Waals surface area contributed by atoms with Crippen LogP contribution >= 0.6 is 0 Å². The first-order chi connectivity index (χ1) is 20.1. The molecule has 0 bridgehead atoms. The van der Waals surface area contributed by atoms with Crippen LogP contribution in [0.3, 0.4) is 0 Å². The average molecular weight is 586 g/mol. The summed E-state index contributed by atoms with van der Waals surface area (Å²) in [4.78, 5) is 26.9. The van der Waals surface area contributed by atoms with Crippen molar-refractivity contribution in [1.82, 2.24) is 15.1 Å². The van der Waals surface area contributed by atoms with Crippen molar-refractivity contribution in [2.24, 2.45) is 11.3 Å². The summed E-state index contributed by atoms with van der Waals surface area (Å²) >= 11 is 0. The molecule has 3 atom stereocenters. The standard InChI is InChI=1S/C18H32N2O2.C15H21NO2.C2H6/c1-5-17(7-6-16(2)22-4)14-20(15-21)13-10-18(3)8-11-19-12-9-18;1-11(2)18-15(17)16-9-12(3)14(10-16)13-7-5-4-6-8-13;1-2/h5-7,15-16,19H,8-14H2,1-4H3;4-8,11-12,14H,9-10H2,1-3H3;1-2H3/b7-6-,17-5+;;/t;12-,14?;/m.0./s1. The minimum Gasteiger partial charge on any atom is -0.447 e. The molecule has 1 aromatic rings. The van der Waals surface area contributed by atoms with Gasteiger partial charge in [0.25, 0.3) is 0 Å². The third-order valence-corrected chi connectivity index (χ3v) is 8.11. The van der Waals surface area contributed by atoms with Crippen LogP contribution in [0.5, 0.6) is 0 Å². The summed E-state index contributed by atoms with van der Waals surface area (Å²) in [5.41, 5.74) is 2.82. The fourth-order valence-electron chi connectivity index (χ4n) is 5.20. The van der Waals surface area contributed by atoms with Gasteiger partial charge < -0.3 is 24.6 Å². The van der Waals surface area contributed by atoms with E-state index in [1.165, 1.54) is 18.4 Å². The lowest BCUT2D eigenvalue weighted by Crippen LogP contribution is -2.37. The molecule has 2 unspecified atom stereocenters. The number of ether oxygens (including phenoxy) is 2. The number of hydrogen-bond acceptors (Lipinski definition) is 5. The molecule has 0 radical (unpaired) electrons. The number of benzene rings is 1. The molecule has 0 saturated carbocycles. The van der Waals surface area contributed by atoms with E-state index in [9.17, 15) is 9.59 Å². The summed E-state index contributed by atoms with van der Waals surface area (Å²) in [6.07, 6.45) is 10.4. The minimum atomic E-state index is -0.185. The Hall–Kier alpha value is -2.64. The lowest BCUT2D eigenvalue weighted by Gasteiger charge is -2.35. The van der Waals surface area contributed by atoms with E-state index in [4.69, 9.17) is 9.47 Å². The van der Waals surface area contributed by atoms with Crippen molar-refractivity contribution in [3.05, 3.63) is 59.7 Å². The Morgan fingerprint density at radius 3 is 2.33 bits per heavy atom. The molecule has 0 aliphatic carbocycles. The van der Waals surface area contributed by atoms with E-state index < -0.39 is 0 Å². The van der Waals surface area contributed by atoms with Gasteiger partial charge in [0, 0.05) is 39.2 Å². The summed E-state index contributed by atoms with van der Waals surface area (Å²) in [5.74, 6) is 0.901. The third-order valence-electron chi connectivity index (χ3n) is 8.11. The number of amides is 2. The fourth-order valence-corrected chi connectivity index (χ4v) is 5.20. The maximum Gasteiger partial charge on any atom is 0.410 e. The predicted molar refractivity (Wildman–Crippen MR) is 175 cm³/mol. The Balaban J connectivity index is 0.000000402. The SMILES string of the molecule is C/C=C(\C=C/C(C)OC)CN(C=O)CCC1(C)CCNCC1.CC.CC(C)OC(=O)N1CC(c2ccccc2)[C@@H](C)C1. The summed E-state index contributed by atoms with van der Waals surface area (Å²) in [6.45, 7) is 21.5. The molecule has 2 amide bonds. The highest BCUT2D eigenvalue weighted by molar-refractivity contribution is 5.68. The first-order valence-electron chi connectivity index (χ1n) is 15.9. The highest BCUT2D eigenvalue weighted by Crippen LogP contribution is 2.33. The first-order valence-corrected chi connectivity index (χ1v) is 15.9. The van der Waals surface area contributed by atoms with E-state index >= 15 is 0 Å². The number of carbonyl (C=O) groups excluding carboxylic acids is 2. The summed E-state index contributed by atoms with van der Waals surface area (Å²) < 4.78 is 10.5. The lowest BCUT2D eigenvalue weighted by molar-refractivity contribution is -0.118.